The molecule has 2 rings (SSSR count). The first-order valence-electron chi connectivity index (χ1n) is 5.65. The summed E-state index contributed by atoms with van der Waals surface area (Å²) >= 11 is 0. The second-order valence-corrected chi connectivity index (χ2v) is 6.56. The second kappa shape index (κ2) is 5.08. The van der Waals surface area contributed by atoms with E-state index >= 15 is 0 Å². The SMILES string of the molecule is Cc1noc(CS(=O)(=O)[C@H](C)c2ccc(F)cc2)n1. The number of rotatable bonds is 4. The monoisotopic (exact) mass is 284 g/mol. The Balaban J connectivity index is 2.21. The maximum atomic E-state index is 12.8. The highest BCUT2D eigenvalue weighted by Crippen LogP contribution is 2.24. The van der Waals surface area contributed by atoms with Gasteiger partial charge in [-0.3, -0.25) is 0 Å². The van der Waals surface area contributed by atoms with Gasteiger partial charge in [-0.25, -0.2) is 12.8 Å². The lowest BCUT2D eigenvalue weighted by Crippen LogP contribution is -2.13. The van der Waals surface area contributed by atoms with Gasteiger partial charge >= 0.3 is 0 Å². The lowest BCUT2D eigenvalue weighted by Gasteiger charge is -2.11. The van der Waals surface area contributed by atoms with Crippen LogP contribution in [0.1, 0.15) is 29.5 Å². The van der Waals surface area contributed by atoms with Crippen LogP contribution in [-0.4, -0.2) is 18.6 Å². The van der Waals surface area contributed by atoms with Gasteiger partial charge in [-0.1, -0.05) is 17.3 Å². The van der Waals surface area contributed by atoms with Crippen LogP contribution in [0.4, 0.5) is 4.39 Å². The Labute approximate surface area is 110 Å². The van der Waals surface area contributed by atoms with Crippen molar-refractivity contribution < 1.29 is 17.3 Å². The van der Waals surface area contributed by atoms with Crippen molar-refractivity contribution in [2.24, 2.45) is 0 Å². The Bertz CT molecular complexity index is 665. The van der Waals surface area contributed by atoms with Crippen LogP contribution < -0.4 is 0 Å². The number of nitrogens with zero attached hydrogens (tertiary/aromatic N) is 2. The summed E-state index contributed by atoms with van der Waals surface area (Å²) in [6.45, 7) is 3.16. The summed E-state index contributed by atoms with van der Waals surface area (Å²) in [5.41, 5.74) is 0.526. The summed E-state index contributed by atoms with van der Waals surface area (Å²) < 4.78 is 42.0. The Morgan fingerprint density at radius 1 is 1.32 bits per heavy atom. The average Bonchev–Trinajstić information content (AvgIpc) is 2.74. The predicted molar refractivity (Wildman–Crippen MR) is 66.5 cm³/mol. The van der Waals surface area contributed by atoms with Crippen molar-refractivity contribution in [1.82, 2.24) is 10.1 Å². The molecule has 1 aromatic heterocycles. The van der Waals surface area contributed by atoms with E-state index in [-0.39, 0.29) is 11.6 Å². The van der Waals surface area contributed by atoms with Gasteiger partial charge in [0.1, 0.15) is 11.6 Å². The average molecular weight is 284 g/mol. The molecule has 102 valence electrons. The molecular formula is C12H13FN2O3S. The molecule has 0 radical (unpaired) electrons. The molecule has 7 heteroatoms. The van der Waals surface area contributed by atoms with Gasteiger partial charge in [-0.15, -0.1) is 0 Å². The van der Waals surface area contributed by atoms with Gasteiger partial charge in [-0.2, -0.15) is 4.98 Å². The number of hydrogen-bond acceptors (Lipinski definition) is 5. The molecule has 0 fully saturated rings. The zero-order valence-corrected chi connectivity index (χ0v) is 11.3. The minimum Gasteiger partial charge on any atom is -0.338 e. The molecule has 0 saturated heterocycles. The molecule has 1 heterocycles. The minimum absolute atomic E-state index is 0.0615. The maximum Gasteiger partial charge on any atom is 0.241 e. The second-order valence-electron chi connectivity index (χ2n) is 4.24. The number of sulfone groups is 1. The lowest BCUT2D eigenvalue weighted by atomic mass is 10.2. The molecule has 2 aromatic rings. The maximum absolute atomic E-state index is 12.8. The molecule has 0 aliphatic heterocycles. The van der Waals surface area contributed by atoms with Crippen LogP contribution in [0.3, 0.4) is 0 Å². The first kappa shape index (κ1) is 13.7. The summed E-state index contributed by atoms with van der Waals surface area (Å²) in [6, 6.07) is 5.38. The number of hydrogen-bond donors (Lipinski definition) is 0. The molecule has 0 bridgehead atoms. The van der Waals surface area contributed by atoms with E-state index in [9.17, 15) is 12.8 Å². The molecule has 0 aliphatic rings. The Kier molecular flexibility index (Phi) is 3.66. The van der Waals surface area contributed by atoms with Crippen LogP contribution in [0.5, 0.6) is 0 Å². The molecule has 0 unspecified atom stereocenters. The Hall–Kier alpha value is -1.76. The quantitative estimate of drug-likeness (QED) is 0.860. The zero-order chi connectivity index (χ0) is 14.0. The fourth-order valence-corrected chi connectivity index (χ4v) is 2.92. The third kappa shape index (κ3) is 3.17. The summed E-state index contributed by atoms with van der Waals surface area (Å²) in [6.07, 6.45) is 0. The van der Waals surface area contributed by atoms with Gasteiger partial charge in [-0.05, 0) is 31.5 Å². The Morgan fingerprint density at radius 3 is 2.47 bits per heavy atom. The topological polar surface area (TPSA) is 73.1 Å². The number of aryl methyl sites for hydroxylation is 1. The molecule has 0 aliphatic carbocycles. The molecule has 19 heavy (non-hydrogen) atoms. The van der Waals surface area contributed by atoms with Crippen LogP contribution >= 0.6 is 0 Å². The summed E-state index contributed by atoms with van der Waals surface area (Å²) in [7, 11) is -3.48. The van der Waals surface area contributed by atoms with Gasteiger partial charge in [0.25, 0.3) is 0 Å². The van der Waals surface area contributed by atoms with Gasteiger partial charge < -0.3 is 4.52 Å². The smallest absolute Gasteiger partial charge is 0.241 e. The van der Waals surface area contributed by atoms with Crippen molar-refractivity contribution in [3.63, 3.8) is 0 Å². The predicted octanol–water partition coefficient (Wildman–Crippen LogP) is 2.19. The molecular weight excluding hydrogens is 271 g/mol. The molecule has 5 nitrogen and oxygen atoms in total. The molecule has 0 spiro atoms. The zero-order valence-electron chi connectivity index (χ0n) is 10.5. The third-order valence-corrected chi connectivity index (χ3v) is 4.77. The van der Waals surface area contributed by atoms with Gasteiger partial charge in [0.15, 0.2) is 15.7 Å². The first-order chi connectivity index (χ1) is 8.88. The van der Waals surface area contributed by atoms with Crippen molar-refractivity contribution in [2.75, 3.05) is 0 Å². The van der Waals surface area contributed by atoms with Gasteiger partial charge in [0.2, 0.25) is 5.89 Å². The highest BCUT2D eigenvalue weighted by molar-refractivity contribution is 7.90. The van der Waals surface area contributed by atoms with Gasteiger partial charge in [0, 0.05) is 0 Å². The van der Waals surface area contributed by atoms with Crippen molar-refractivity contribution in [3.8, 4) is 0 Å². The van der Waals surface area contributed by atoms with Crippen LogP contribution in [0.25, 0.3) is 0 Å². The summed E-state index contributed by atoms with van der Waals surface area (Å²) in [5.74, 6) is -0.279. The van der Waals surface area contributed by atoms with Crippen LogP contribution in [0, 0.1) is 12.7 Å². The molecule has 0 amide bonds. The van der Waals surface area contributed by atoms with Crippen molar-refractivity contribution >= 4 is 9.84 Å². The lowest BCUT2D eigenvalue weighted by molar-refractivity contribution is 0.384. The minimum atomic E-state index is -3.48. The van der Waals surface area contributed by atoms with E-state index in [1.807, 2.05) is 0 Å². The van der Waals surface area contributed by atoms with E-state index in [4.69, 9.17) is 4.52 Å². The first-order valence-corrected chi connectivity index (χ1v) is 7.36. The number of benzene rings is 1. The fraction of sp³-hybridized carbons (Fsp3) is 0.333. The van der Waals surface area contributed by atoms with Crippen LogP contribution in [0.15, 0.2) is 28.8 Å². The number of aromatic nitrogens is 2. The third-order valence-electron chi connectivity index (χ3n) is 2.77. The van der Waals surface area contributed by atoms with Crippen molar-refractivity contribution in [2.45, 2.75) is 24.9 Å². The van der Waals surface area contributed by atoms with E-state index in [1.54, 1.807) is 13.8 Å². The highest BCUT2D eigenvalue weighted by atomic mass is 32.2. The van der Waals surface area contributed by atoms with Crippen molar-refractivity contribution in [3.05, 3.63) is 47.4 Å². The standard InChI is InChI=1S/C12H13FN2O3S/c1-8(10-3-5-11(13)6-4-10)19(16,17)7-12-14-9(2)15-18-12/h3-6,8H,7H2,1-2H3/t8-/m1/s1. The largest absolute Gasteiger partial charge is 0.338 e. The van der Waals surface area contributed by atoms with E-state index < -0.39 is 20.9 Å². The van der Waals surface area contributed by atoms with Crippen LogP contribution in [0.2, 0.25) is 0 Å². The van der Waals surface area contributed by atoms with Crippen molar-refractivity contribution in [1.29, 1.82) is 0 Å². The van der Waals surface area contributed by atoms with Crippen LogP contribution in [-0.2, 0) is 15.6 Å². The number of halogens is 1. The van der Waals surface area contributed by atoms with E-state index in [2.05, 4.69) is 10.1 Å². The normalized spacial score (nSPS) is 13.4. The summed E-state index contributed by atoms with van der Waals surface area (Å²) in [4.78, 5) is 3.87. The van der Waals surface area contributed by atoms with E-state index in [0.717, 1.165) is 0 Å². The van der Waals surface area contributed by atoms with Gasteiger partial charge in [0.05, 0.1) is 5.25 Å². The van der Waals surface area contributed by atoms with E-state index in [0.29, 0.717) is 11.4 Å². The molecule has 0 N–H and O–H groups in total. The Morgan fingerprint density at radius 2 is 1.95 bits per heavy atom. The van der Waals surface area contributed by atoms with E-state index in [1.165, 1.54) is 24.3 Å². The molecule has 0 saturated carbocycles. The molecule has 1 aromatic carbocycles. The highest BCUT2D eigenvalue weighted by Gasteiger charge is 2.25. The fourth-order valence-electron chi connectivity index (χ4n) is 1.64. The molecule has 1 atom stereocenters. The summed E-state index contributed by atoms with van der Waals surface area (Å²) in [5, 5.41) is 2.78.